The second kappa shape index (κ2) is 55.4. The first-order valence-electron chi connectivity index (χ1n) is 28.4. The van der Waals surface area contributed by atoms with Crippen LogP contribution >= 0.6 is 0 Å². The van der Waals surface area contributed by atoms with E-state index in [1.807, 2.05) is 0 Å². The third-order valence-corrected chi connectivity index (χ3v) is 12.2. The van der Waals surface area contributed by atoms with Crippen molar-refractivity contribution in [3.05, 3.63) is 72.9 Å². The highest BCUT2D eigenvalue weighted by Gasteiger charge is 2.19. The summed E-state index contributed by atoms with van der Waals surface area (Å²) in [6, 6.07) is 0. The van der Waals surface area contributed by atoms with Gasteiger partial charge < -0.3 is 14.2 Å². The van der Waals surface area contributed by atoms with Crippen LogP contribution in [-0.2, 0) is 28.6 Å². The molecule has 0 aliphatic carbocycles. The molecule has 6 nitrogen and oxygen atoms in total. The van der Waals surface area contributed by atoms with Crippen molar-refractivity contribution in [1.82, 2.24) is 0 Å². The first kappa shape index (κ1) is 63.8. The zero-order chi connectivity index (χ0) is 48.6. The van der Waals surface area contributed by atoms with Crippen LogP contribution in [-0.4, -0.2) is 37.2 Å². The Balaban J connectivity index is 3.94. The lowest BCUT2D eigenvalue weighted by atomic mass is 10.0. The van der Waals surface area contributed by atoms with Crippen LogP contribution in [0.1, 0.15) is 278 Å². The molecule has 1 unspecified atom stereocenters. The fraction of sp³-hybridized carbons (Fsp3) is 0.754. The van der Waals surface area contributed by atoms with Crippen LogP contribution < -0.4 is 0 Å². The Morgan fingerprint density at radius 1 is 0.313 bits per heavy atom. The first-order chi connectivity index (χ1) is 33.0. The summed E-state index contributed by atoms with van der Waals surface area (Å²) in [6.07, 6.45) is 71.0. The summed E-state index contributed by atoms with van der Waals surface area (Å²) >= 11 is 0. The summed E-state index contributed by atoms with van der Waals surface area (Å²) in [5.41, 5.74) is 0. The maximum Gasteiger partial charge on any atom is 0.306 e. The average molecular weight is 936 g/mol. The Bertz CT molecular complexity index is 1260. The van der Waals surface area contributed by atoms with Crippen LogP contribution in [0.5, 0.6) is 0 Å². The summed E-state index contributed by atoms with van der Waals surface area (Å²) in [5, 5.41) is 0. The number of carbonyl (C=O) groups is 3. The molecule has 0 aromatic carbocycles. The van der Waals surface area contributed by atoms with Crippen LogP contribution in [0.25, 0.3) is 0 Å². The van der Waals surface area contributed by atoms with Gasteiger partial charge in [-0.3, -0.25) is 14.4 Å². The molecular formula is C61H106O6. The smallest absolute Gasteiger partial charge is 0.306 e. The molecule has 0 fully saturated rings. The minimum Gasteiger partial charge on any atom is -0.462 e. The molecule has 0 N–H and O–H groups in total. The van der Waals surface area contributed by atoms with Gasteiger partial charge in [0, 0.05) is 19.3 Å². The van der Waals surface area contributed by atoms with E-state index in [2.05, 4.69) is 93.7 Å². The van der Waals surface area contributed by atoms with Crippen molar-refractivity contribution >= 4 is 17.9 Å². The predicted octanol–water partition coefficient (Wildman–Crippen LogP) is 19.0. The number of hydrogen-bond acceptors (Lipinski definition) is 6. The van der Waals surface area contributed by atoms with Gasteiger partial charge in [-0.2, -0.15) is 0 Å². The first-order valence-corrected chi connectivity index (χ1v) is 28.4. The van der Waals surface area contributed by atoms with Crippen molar-refractivity contribution in [2.75, 3.05) is 13.2 Å². The summed E-state index contributed by atoms with van der Waals surface area (Å²) in [6.45, 7) is 6.38. The number of rotatable bonds is 51. The molecule has 0 bridgehead atoms. The van der Waals surface area contributed by atoms with Crippen LogP contribution in [0.3, 0.4) is 0 Å². The molecule has 0 radical (unpaired) electrons. The van der Waals surface area contributed by atoms with Crippen molar-refractivity contribution in [2.24, 2.45) is 0 Å². The number of ether oxygens (including phenoxy) is 3. The van der Waals surface area contributed by atoms with Crippen molar-refractivity contribution in [1.29, 1.82) is 0 Å². The van der Waals surface area contributed by atoms with Gasteiger partial charge in [0.25, 0.3) is 0 Å². The van der Waals surface area contributed by atoms with E-state index in [1.165, 1.54) is 116 Å². The van der Waals surface area contributed by atoms with Crippen LogP contribution in [0, 0.1) is 0 Å². The SMILES string of the molecule is CC/C=C\C/C=C\C/C=C\C/C=C\CCCCCCCCCCCCCCCCCCCCC(=O)OCC(COC(=O)CCCCCCC)OC(=O)CCCCCCC/C=C\C/C=C\CCC. The highest BCUT2D eigenvalue weighted by Crippen LogP contribution is 2.16. The molecular weight excluding hydrogens is 829 g/mol. The van der Waals surface area contributed by atoms with Gasteiger partial charge in [-0.25, -0.2) is 0 Å². The van der Waals surface area contributed by atoms with E-state index in [9.17, 15) is 14.4 Å². The molecule has 386 valence electrons. The summed E-state index contributed by atoms with van der Waals surface area (Å²) in [7, 11) is 0. The normalized spacial score (nSPS) is 12.6. The molecule has 6 heteroatoms. The molecule has 0 spiro atoms. The van der Waals surface area contributed by atoms with Gasteiger partial charge in [-0.05, 0) is 83.5 Å². The zero-order valence-corrected chi connectivity index (χ0v) is 44.2. The Labute approximate surface area is 414 Å². The standard InChI is InChI=1S/C61H106O6/c1-4-7-10-13-15-17-19-21-22-23-24-25-26-27-28-29-30-31-32-33-34-35-36-37-38-40-41-43-45-48-51-54-60(63)66-57-58(56-65-59(62)53-50-47-12-9-6-3)67-61(64)55-52-49-46-44-42-39-20-18-16-14-11-8-5-2/h7,10-11,14-15,17-18,20-22,24-25,58H,4-6,8-9,12-13,16,19,23,26-57H2,1-3H3/b10-7-,14-11-,17-15-,20-18-,22-21-,25-24-. The second-order valence-electron chi connectivity index (χ2n) is 18.8. The quantitative estimate of drug-likeness (QED) is 0.0262. The van der Waals surface area contributed by atoms with Gasteiger partial charge in [0.1, 0.15) is 13.2 Å². The minimum atomic E-state index is -0.776. The molecule has 1 atom stereocenters. The van der Waals surface area contributed by atoms with Gasteiger partial charge in [0.15, 0.2) is 6.10 Å². The summed E-state index contributed by atoms with van der Waals surface area (Å²) in [5.74, 6) is -0.901. The minimum absolute atomic E-state index is 0.0785. The summed E-state index contributed by atoms with van der Waals surface area (Å²) in [4.78, 5) is 37.7. The zero-order valence-electron chi connectivity index (χ0n) is 44.2. The number of allylic oxidation sites excluding steroid dienone is 12. The van der Waals surface area contributed by atoms with E-state index >= 15 is 0 Å². The van der Waals surface area contributed by atoms with Crippen molar-refractivity contribution in [2.45, 2.75) is 284 Å². The molecule has 0 aromatic heterocycles. The fourth-order valence-electron chi connectivity index (χ4n) is 7.94. The molecule has 0 rings (SSSR count). The average Bonchev–Trinajstić information content (AvgIpc) is 3.33. The molecule has 0 heterocycles. The van der Waals surface area contributed by atoms with Crippen molar-refractivity contribution in [3.63, 3.8) is 0 Å². The van der Waals surface area contributed by atoms with Gasteiger partial charge >= 0.3 is 17.9 Å². The maximum absolute atomic E-state index is 12.7. The Hall–Kier alpha value is -3.15. The van der Waals surface area contributed by atoms with Crippen LogP contribution in [0.4, 0.5) is 0 Å². The Morgan fingerprint density at radius 2 is 0.612 bits per heavy atom. The van der Waals surface area contributed by atoms with E-state index in [0.717, 1.165) is 122 Å². The third kappa shape index (κ3) is 53.7. The molecule has 67 heavy (non-hydrogen) atoms. The van der Waals surface area contributed by atoms with E-state index in [-0.39, 0.29) is 31.1 Å². The molecule has 0 saturated heterocycles. The molecule has 0 saturated carbocycles. The number of hydrogen-bond donors (Lipinski definition) is 0. The van der Waals surface area contributed by atoms with Gasteiger partial charge in [-0.1, -0.05) is 248 Å². The molecule has 0 amide bonds. The van der Waals surface area contributed by atoms with Gasteiger partial charge in [0.2, 0.25) is 0 Å². The van der Waals surface area contributed by atoms with Crippen LogP contribution in [0.2, 0.25) is 0 Å². The number of unbranched alkanes of at least 4 members (excludes halogenated alkanes) is 28. The Morgan fingerprint density at radius 3 is 0.970 bits per heavy atom. The highest BCUT2D eigenvalue weighted by atomic mass is 16.6. The van der Waals surface area contributed by atoms with Crippen LogP contribution in [0.15, 0.2) is 72.9 Å². The highest BCUT2D eigenvalue weighted by molar-refractivity contribution is 5.71. The monoisotopic (exact) mass is 935 g/mol. The van der Waals surface area contributed by atoms with Crippen molar-refractivity contribution < 1.29 is 28.6 Å². The fourth-order valence-corrected chi connectivity index (χ4v) is 7.94. The number of carbonyl (C=O) groups excluding carboxylic acids is 3. The van der Waals surface area contributed by atoms with E-state index < -0.39 is 6.10 Å². The Kier molecular flexibility index (Phi) is 52.8. The lowest BCUT2D eigenvalue weighted by Crippen LogP contribution is -2.30. The van der Waals surface area contributed by atoms with Crippen molar-refractivity contribution in [3.8, 4) is 0 Å². The lowest BCUT2D eigenvalue weighted by molar-refractivity contribution is -0.167. The van der Waals surface area contributed by atoms with Gasteiger partial charge in [-0.15, -0.1) is 0 Å². The van der Waals surface area contributed by atoms with Gasteiger partial charge in [0.05, 0.1) is 0 Å². The maximum atomic E-state index is 12.7. The summed E-state index contributed by atoms with van der Waals surface area (Å²) < 4.78 is 16.7. The molecule has 0 aromatic rings. The van der Waals surface area contributed by atoms with E-state index in [0.29, 0.717) is 19.3 Å². The topological polar surface area (TPSA) is 78.9 Å². The lowest BCUT2D eigenvalue weighted by Gasteiger charge is -2.18. The van der Waals surface area contributed by atoms with E-state index in [1.54, 1.807) is 0 Å². The molecule has 0 aliphatic heterocycles. The second-order valence-corrected chi connectivity index (χ2v) is 18.8. The third-order valence-electron chi connectivity index (χ3n) is 12.2. The largest absolute Gasteiger partial charge is 0.462 e. The van der Waals surface area contributed by atoms with E-state index in [4.69, 9.17) is 14.2 Å². The molecule has 0 aliphatic rings. The predicted molar refractivity (Wildman–Crippen MR) is 288 cm³/mol. The number of esters is 3.